The summed E-state index contributed by atoms with van der Waals surface area (Å²) in [6, 6.07) is 6.27. The maximum Gasteiger partial charge on any atom is 0.128 e. The molecule has 0 amide bonds. The van der Waals surface area contributed by atoms with Gasteiger partial charge in [-0.2, -0.15) is 0 Å². The van der Waals surface area contributed by atoms with Crippen LogP contribution in [-0.4, -0.2) is 24.1 Å². The van der Waals surface area contributed by atoms with E-state index < -0.39 is 0 Å². The molecule has 102 valence electrons. The maximum absolute atomic E-state index is 5.45. The van der Waals surface area contributed by atoms with Crippen LogP contribution in [0.5, 0.6) is 5.75 Å². The average molecular weight is 259 g/mol. The number of imidazole rings is 1. The summed E-state index contributed by atoms with van der Waals surface area (Å²) in [5, 5.41) is 3.10. The third-order valence-corrected chi connectivity index (χ3v) is 3.21. The summed E-state index contributed by atoms with van der Waals surface area (Å²) in [6.45, 7) is 4.92. The van der Waals surface area contributed by atoms with Gasteiger partial charge in [-0.3, -0.25) is 0 Å². The molecule has 0 saturated heterocycles. The molecule has 1 aromatic carbocycles. The van der Waals surface area contributed by atoms with Crippen LogP contribution < -0.4 is 10.1 Å². The highest BCUT2D eigenvalue weighted by atomic mass is 16.5. The Kier molecular flexibility index (Phi) is 4.22. The largest absolute Gasteiger partial charge is 0.496 e. The van der Waals surface area contributed by atoms with E-state index in [9.17, 15) is 0 Å². The highest BCUT2D eigenvalue weighted by molar-refractivity contribution is 5.70. The van der Waals surface area contributed by atoms with Gasteiger partial charge in [-0.15, -0.1) is 0 Å². The molecule has 4 nitrogen and oxygen atoms in total. The molecule has 0 unspecified atom stereocenters. The Morgan fingerprint density at radius 3 is 2.79 bits per heavy atom. The monoisotopic (exact) mass is 259 g/mol. The molecule has 0 aliphatic rings. The number of ether oxygens (including phenoxy) is 1. The molecule has 0 aliphatic carbocycles. The Hall–Kier alpha value is -1.81. The molecule has 1 aromatic heterocycles. The number of hydrogen-bond acceptors (Lipinski definition) is 3. The van der Waals surface area contributed by atoms with Gasteiger partial charge in [-0.1, -0.05) is 13.0 Å². The molecule has 4 heteroatoms. The van der Waals surface area contributed by atoms with Gasteiger partial charge in [0.1, 0.15) is 11.6 Å². The highest BCUT2D eigenvalue weighted by Crippen LogP contribution is 2.31. The number of H-pyrrole nitrogens is 1. The molecule has 0 fully saturated rings. The van der Waals surface area contributed by atoms with Crippen LogP contribution in [-0.2, 0) is 13.0 Å². The van der Waals surface area contributed by atoms with Crippen molar-refractivity contribution in [1.29, 1.82) is 0 Å². The second-order valence-corrected chi connectivity index (χ2v) is 4.58. The molecule has 0 spiro atoms. The van der Waals surface area contributed by atoms with Crippen molar-refractivity contribution in [2.24, 2.45) is 0 Å². The first-order valence-corrected chi connectivity index (χ1v) is 6.57. The van der Waals surface area contributed by atoms with Crippen molar-refractivity contribution in [3.8, 4) is 17.0 Å². The van der Waals surface area contributed by atoms with E-state index in [0.717, 1.165) is 41.5 Å². The zero-order chi connectivity index (χ0) is 13.8. The van der Waals surface area contributed by atoms with Gasteiger partial charge in [0.25, 0.3) is 0 Å². The van der Waals surface area contributed by atoms with Crippen molar-refractivity contribution >= 4 is 0 Å². The molecule has 2 aromatic rings. The lowest BCUT2D eigenvalue weighted by Gasteiger charge is -2.09. The first-order chi connectivity index (χ1) is 9.19. The molecule has 2 rings (SSSR count). The lowest BCUT2D eigenvalue weighted by atomic mass is 10.0. The number of aromatic amines is 1. The fraction of sp³-hybridized carbons (Fsp3) is 0.400. The van der Waals surface area contributed by atoms with Gasteiger partial charge in [0.15, 0.2) is 0 Å². The Bertz CT molecular complexity index is 561. The minimum absolute atomic E-state index is 0.733. The van der Waals surface area contributed by atoms with Gasteiger partial charge in [0.2, 0.25) is 0 Å². The third kappa shape index (κ3) is 2.79. The fourth-order valence-corrected chi connectivity index (χ4v) is 2.20. The van der Waals surface area contributed by atoms with Crippen LogP contribution >= 0.6 is 0 Å². The second-order valence-electron chi connectivity index (χ2n) is 4.58. The van der Waals surface area contributed by atoms with Crippen LogP contribution in [0.3, 0.4) is 0 Å². The third-order valence-electron chi connectivity index (χ3n) is 3.21. The van der Waals surface area contributed by atoms with Crippen molar-refractivity contribution in [3.05, 3.63) is 35.3 Å². The van der Waals surface area contributed by atoms with Crippen molar-refractivity contribution in [3.63, 3.8) is 0 Å². The molecule has 1 heterocycles. The Balaban J connectivity index is 2.50. The summed E-state index contributed by atoms with van der Waals surface area (Å²) in [5.74, 6) is 1.81. The van der Waals surface area contributed by atoms with Crippen LogP contribution in [0.15, 0.2) is 18.2 Å². The summed E-state index contributed by atoms with van der Waals surface area (Å²) >= 11 is 0. The van der Waals surface area contributed by atoms with Gasteiger partial charge in [-0.05, 0) is 38.1 Å². The van der Waals surface area contributed by atoms with E-state index in [1.807, 2.05) is 20.0 Å². The molecule has 0 bridgehead atoms. The number of aromatic nitrogens is 2. The lowest BCUT2D eigenvalue weighted by Crippen LogP contribution is -2.06. The minimum atomic E-state index is 0.733. The van der Waals surface area contributed by atoms with E-state index in [2.05, 4.69) is 34.3 Å². The highest BCUT2D eigenvalue weighted by Gasteiger charge is 2.13. The van der Waals surface area contributed by atoms with Crippen molar-refractivity contribution in [1.82, 2.24) is 15.3 Å². The number of aryl methyl sites for hydroxylation is 2. The zero-order valence-corrected chi connectivity index (χ0v) is 12.0. The molecule has 0 saturated carbocycles. The Labute approximate surface area is 114 Å². The van der Waals surface area contributed by atoms with Crippen molar-refractivity contribution < 1.29 is 4.74 Å². The maximum atomic E-state index is 5.45. The minimum Gasteiger partial charge on any atom is -0.496 e. The second kappa shape index (κ2) is 5.89. The Morgan fingerprint density at radius 2 is 2.16 bits per heavy atom. The quantitative estimate of drug-likeness (QED) is 0.868. The SMILES string of the molecule is CCc1ccc(OC)c(-c2nc(CNC)[nH]c2C)c1. The van der Waals surface area contributed by atoms with E-state index in [4.69, 9.17) is 4.74 Å². The number of benzene rings is 1. The summed E-state index contributed by atoms with van der Waals surface area (Å²) in [7, 11) is 3.61. The normalized spacial score (nSPS) is 10.7. The summed E-state index contributed by atoms with van der Waals surface area (Å²) in [5.41, 5.74) is 4.38. The predicted molar refractivity (Wildman–Crippen MR) is 77.5 cm³/mol. The van der Waals surface area contributed by atoms with Gasteiger partial charge in [0, 0.05) is 11.3 Å². The predicted octanol–water partition coefficient (Wildman–Crippen LogP) is 2.68. The zero-order valence-electron chi connectivity index (χ0n) is 12.0. The van der Waals surface area contributed by atoms with Gasteiger partial charge >= 0.3 is 0 Å². The summed E-state index contributed by atoms with van der Waals surface area (Å²) in [4.78, 5) is 7.96. The molecular weight excluding hydrogens is 238 g/mol. The van der Waals surface area contributed by atoms with Crippen molar-refractivity contribution in [2.45, 2.75) is 26.8 Å². The van der Waals surface area contributed by atoms with E-state index in [0.29, 0.717) is 0 Å². The van der Waals surface area contributed by atoms with Gasteiger partial charge < -0.3 is 15.0 Å². The van der Waals surface area contributed by atoms with Crippen LogP contribution in [0.25, 0.3) is 11.3 Å². The number of rotatable bonds is 5. The smallest absolute Gasteiger partial charge is 0.128 e. The average Bonchev–Trinajstić information content (AvgIpc) is 2.79. The number of nitrogens with zero attached hydrogens (tertiary/aromatic N) is 1. The van der Waals surface area contributed by atoms with Crippen LogP contribution in [0.2, 0.25) is 0 Å². The lowest BCUT2D eigenvalue weighted by molar-refractivity contribution is 0.416. The Morgan fingerprint density at radius 1 is 1.37 bits per heavy atom. The van der Waals surface area contributed by atoms with Gasteiger partial charge in [-0.25, -0.2) is 4.98 Å². The molecule has 0 atom stereocenters. The van der Waals surface area contributed by atoms with E-state index in [1.165, 1.54) is 5.56 Å². The van der Waals surface area contributed by atoms with Crippen LogP contribution in [0.1, 0.15) is 24.0 Å². The number of methoxy groups -OCH3 is 1. The standard InChI is InChI=1S/C15H21N3O/c1-5-11-6-7-13(19-4)12(8-11)15-10(2)17-14(18-15)9-16-3/h6-8,16H,5,9H2,1-4H3,(H,17,18). The summed E-state index contributed by atoms with van der Waals surface area (Å²) < 4.78 is 5.45. The van der Waals surface area contributed by atoms with Crippen LogP contribution in [0.4, 0.5) is 0 Å². The fourth-order valence-electron chi connectivity index (χ4n) is 2.20. The molecule has 19 heavy (non-hydrogen) atoms. The molecular formula is C15H21N3O. The van der Waals surface area contributed by atoms with Gasteiger partial charge in [0.05, 0.1) is 19.3 Å². The molecule has 0 aliphatic heterocycles. The van der Waals surface area contributed by atoms with E-state index >= 15 is 0 Å². The summed E-state index contributed by atoms with van der Waals surface area (Å²) in [6.07, 6.45) is 1.00. The number of nitrogens with one attached hydrogen (secondary N) is 2. The molecule has 2 N–H and O–H groups in total. The topological polar surface area (TPSA) is 49.9 Å². The first kappa shape index (κ1) is 13.6. The van der Waals surface area contributed by atoms with E-state index in [-0.39, 0.29) is 0 Å². The van der Waals surface area contributed by atoms with E-state index in [1.54, 1.807) is 7.11 Å². The van der Waals surface area contributed by atoms with Crippen molar-refractivity contribution in [2.75, 3.05) is 14.2 Å². The van der Waals surface area contributed by atoms with Crippen LogP contribution in [0, 0.1) is 6.92 Å². The number of hydrogen-bond donors (Lipinski definition) is 2. The molecule has 0 radical (unpaired) electrons. The first-order valence-electron chi connectivity index (χ1n) is 6.57.